The second-order valence-corrected chi connectivity index (χ2v) is 7.80. The zero-order valence-electron chi connectivity index (χ0n) is 13.4. The van der Waals surface area contributed by atoms with Crippen molar-refractivity contribution in [2.75, 3.05) is 11.1 Å². The molecule has 0 saturated heterocycles. The second kappa shape index (κ2) is 7.23. The first-order valence-electron chi connectivity index (χ1n) is 7.58. The van der Waals surface area contributed by atoms with Crippen molar-refractivity contribution < 1.29 is 4.79 Å². The number of carbonyl (C=O) groups excluding carboxylic acids is 1. The molecule has 2 heterocycles. The number of benzene rings is 1. The molecule has 0 bridgehead atoms. The summed E-state index contributed by atoms with van der Waals surface area (Å²) in [5, 5.41) is 3.98. The fourth-order valence-corrected chi connectivity index (χ4v) is 4.04. The maximum atomic E-state index is 12.4. The molecule has 1 aliphatic rings. The number of nitrogens with zero attached hydrogens (tertiary/aromatic N) is 2. The Hall–Kier alpha value is -1.76. The van der Waals surface area contributed by atoms with Crippen LogP contribution in [0.5, 0.6) is 0 Å². The Labute approximate surface area is 160 Å². The molecular formula is C17H16Cl2N4OS. The number of pyridine rings is 1. The van der Waals surface area contributed by atoms with Crippen molar-refractivity contribution in [3.8, 4) is 0 Å². The molecule has 3 N–H and O–H groups in total. The summed E-state index contributed by atoms with van der Waals surface area (Å²) >= 11 is 13.4. The molecule has 1 atom stereocenters. The summed E-state index contributed by atoms with van der Waals surface area (Å²) in [6, 6.07) is 9.05. The lowest BCUT2D eigenvalue weighted by atomic mass is 9.89. The Kier molecular flexibility index (Phi) is 5.22. The molecule has 0 aliphatic carbocycles. The number of hydrogen-bond acceptors (Lipinski definition) is 5. The third kappa shape index (κ3) is 4.08. The third-order valence-electron chi connectivity index (χ3n) is 3.96. The summed E-state index contributed by atoms with van der Waals surface area (Å²) in [5.74, 6) is 0.512. The fraction of sp³-hybridized carbons (Fsp3) is 0.235. The van der Waals surface area contributed by atoms with Gasteiger partial charge in [0.15, 0.2) is 5.17 Å². The number of thioether (sulfide) groups is 1. The lowest BCUT2D eigenvalue weighted by molar-refractivity contribution is 0.102. The van der Waals surface area contributed by atoms with Crippen LogP contribution < -0.4 is 11.1 Å². The van der Waals surface area contributed by atoms with Crippen LogP contribution in [0.15, 0.2) is 41.5 Å². The van der Waals surface area contributed by atoms with Gasteiger partial charge in [-0.3, -0.25) is 9.79 Å². The Morgan fingerprint density at radius 1 is 1.36 bits per heavy atom. The van der Waals surface area contributed by atoms with Crippen molar-refractivity contribution in [3.05, 3.63) is 57.8 Å². The number of hydrogen-bond donors (Lipinski definition) is 2. The van der Waals surface area contributed by atoms with Crippen LogP contribution in [0.2, 0.25) is 10.0 Å². The van der Waals surface area contributed by atoms with E-state index in [0.717, 1.165) is 17.7 Å². The Bertz CT molecular complexity index is 858. The summed E-state index contributed by atoms with van der Waals surface area (Å²) in [4.78, 5) is 21.0. The van der Waals surface area contributed by atoms with Gasteiger partial charge in [-0.1, -0.05) is 47.1 Å². The van der Waals surface area contributed by atoms with Crippen molar-refractivity contribution in [2.45, 2.75) is 18.9 Å². The van der Waals surface area contributed by atoms with Gasteiger partial charge in [-0.2, -0.15) is 0 Å². The van der Waals surface area contributed by atoms with Crippen LogP contribution in [0.1, 0.15) is 29.4 Å². The predicted octanol–water partition coefficient (Wildman–Crippen LogP) is 4.31. The molecule has 1 aromatic carbocycles. The summed E-state index contributed by atoms with van der Waals surface area (Å²) in [5.41, 5.74) is 7.24. The molecule has 0 fully saturated rings. The van der Waals surface area contributed by atoms with Crippen molar-refractivity contribution in [1.82, 2.24) is 4.98 Å². The van der Waals surface area contributed by atoms with E-state index in [2.05, 4.69) is 15.3 Å². The van der Waals surface area contributed by atoms with Gasteiger partial charge in [0.25, 0.3) is 5.91 Å². The highest BCUT2D eigenvalue weighted by molar-refractivity contribution is 8.13. The minimum Gasteiger partial charge on any atom is -0.379 e. The molecule has 5 nitrogen and oxygen atoms in total. The maximum absolute atomic E-state index is 12.4. The van der Waals surface area contributed by atoms with Crippen molar-refractivity contribution in [3.63, 3.8) is 0 Å². The van der Waals surface area contributed by atoms with Crippen molar-refractivity contribution >= 4 is 51.7 Å². The number of halogens is 2. The van der Waals surface area contributed by atoms with E-state index in [1.54, 1.807) is 17.8 Å². The monoisotopic (exact) mass is 394 g/mol. The van der Waals surface area contributed by atoms with Gasteiger partial charge in [-0.05, 0) is 37.1 Å². The number of aliphatic imine (C=N–C) groups is 1. The lowest BCUT2D eigenvalue weighted by Gasteiger charge is -2.30. The summed E-state index contributed by atoms with van der Waals surface area (Å²) in [6.45, 7) is 2.04. The van der Waals surface area contributed by atoms with Gasteiger partial charge in [0.1, 0.15) is 5.69 Å². The molecule has 130 valence electrons. The number of amides is 1. The topological polar surface area (TPSA) is 80.4 Å². The fourth-order valence-electron chi connectivity index (χ4n) is 2.60. The van der Waals surface area contributed by atoms with Crippen LogP contribution >= 0.6 is 35.0 Å². The number of rotatable bonds is 3. The zero-order valence-corrected chi connectivity index (χ0v) is 15.8. The number of aromatic nitrogens is 1. The van der Waals surface area contributed by atoms with Gasteiger partial charge >= 0.3 is 0 Å². The normalized spacial score (nSPS) is 20.0. The van der Waals surface area contributed by atoms with Crippen LogP contribution in [-0.4, -0.2) is 21.8 Å². The molecule has 8 heteroatoms. The highest BCUT2D eigenvalue weighted by Crippen LogP contribution is 2.36. The predicted molar refractivity (Wildman–Crippen MR) is 105 cm³/mol. The van der Waals surface area contributed by atoms with E-state index < -0.39 is 11.4 Å². The van der Waals surface area contributed by atoms with E-state index in [1.165, 1.54) is 12.3 Å². The SMILES string of the molecule is CC1(c2cccc(NC(=O)c3ncc(Cl)cc3Cl)c2)CCSC(N)=N1. The minimum atomic E-state index is -0.397. The standard InChI is InChI=1S/C17H16Cl2N4OS/c1-17(5-6-25-16(20)23-17)10-3-2-4-12(7-10)22-15(24)14-13(19)8-11(18)9-21-14/h2-4,7-9H,5-6H2,1H3,(H2,20,23)(H,22,24). The molecule has 0 spiro atoms. The molecule has 3 rings (SSSR count). The molecule has 1 aliphatic heterocycles. The first kappa shape index (κ1) is 18.0. The van der Waals surface area contributed by atoms with E-state index in [0.29, 0.717) is 15.9 Å². The van der Waals surface area contributed by atoms with Crippen LogP contribution in [-0.2, 0) is 5.54 Å². The molecule has 0 radical (unpaired) electrons. The first-order chi connectivity index (χ1) is 11.9. The van der Waals surface area contributed by atoms with Gasteiger partial charge < -0.3 is 11.1 Å². The molecule has 1 unspecified atom stereocenters. The van der Waals surface area contributed by atoms with Gasteiger partial charge in [-0.25, -0.2) is 4.98 Å². The average Bonchev–Trinajstić information content (AvgIpc) is 2.54. The zero-order chi connectivity index (χ0) is 18.0. The van der Waals surface area contributed by atoms with Crippen LogP contribution in [0, 0.1) is 0 Å². The van der Waals surface area contributed by atoms with Crippen molar-refractivity contribution in [1.29, 1.82) is 0 Å². The van der Waals surface area contributed by atoms with E-state index in [9.17, 15) is 4.79 Å². The highest BCUT2D eigenvalue weighted by atomic mass is 35.5. The number of anilines is 1. The third-order valence-corrected chi connectivity index (χ3v) is 5.25. The molecule has 0 saturated carbocycles. The maximum Gasteiger partial charge on any atom is 0.275 e. The van der Waals surface area contributed by atoms with Gasteiger partial charge in [-0.15, -0.1) is 0 Å². The summed E-state index contributed by atoms with van der Waals surface area (Å²) < 4.78 is 0. The number of nitrogens with one attached hydrogen (secondary N) is 1. The number of carbonyl (C=O) groups is 1. The smallest absolute Gasteiger partial charge is 0.275 e. The average molecular weight is 395 g/mol. The van der Waals surface area contributed by atoms with Crippen LogP contribution in [0.4, 0.5) is 5.69 Å². The molecule has 2 aromatic rings. The number of amidine groups is 1. The lowest BCUT2D eigenvalue weighted by Crippen LogP contribution is -2.28. The van der Waals surface area contributed by atoms with Crippen LogP contribution in [0.25, 0.3) is 0 Å². The molecule has 1 aromatic heterocycles. The largest absolute Gasteiger partial charge is 0.379 e. The van der Waals surface area contributed by atoms with E-state index in [1.807, 2.05) is 25.1 Å². The first-order valence-corrected chi connectivity index (χ1v) is 9.33. The number of nitrogens with two attached hydrogens (primary N) is 1. The highest BCUT2D eigenvalue weighted by Gasteiger charge is 2.29. The summed E-state index contributed by atoms with van der Waals surface area (Å²) in [6.07, 6.45) is 2.26. The second-order valence-electron chi connectivity index (χ2n) is 5.84. The summed E-state index contributed by atoms with van der Waals surface area (Å²) in [7, 11) is 0. The quantitative estimate of drug-likeness (QED) is 0.812. The van der Waals surface area contributed by atoms with Gasteiger partial charge in [0, 0.05) is 17.6 Å². The van der Waals surface area contributed by atoms with E-state index in [-0.39, 0.29) is 10.7 Å². The Balaban J connectivity index is 1.85. The van der Waals surface area contributed by atoms with Gasteiger partial charge in [0.05, 0.1) is 15.6 Å². The molecule has 1 amide bonds. The van der Waals surface area contributed by atoms with Crippen molar-refractivity contribution in [2.24, 2.45) is 10.7 Å². The minimum absolute atomic E-state index is 0.124. The van der Waals surface area contributed by atoms with Gasteiger partial charge in [0.2, 0.25) is 0 Å². The van der Waals surface area contributed by atoms with Crippen LogP contribution in [0.3, 0.4) is 0 Å². The molecule has 25 heavy (non-hydrogen) atoms. The molecular weight excluding hydrogens is 379 g/mol. The van der Waals surface area contributed by atoms with E-state index >= 15 is 0 Å². The Morgan fingerprint density at radius 2 is 2.16 bits per heavy atom. The Morgan fingerprint density at radius 3 is 2.88 bits per heavy atom. The van der Waals surface area contributed by atoms with E-state index in [4.69, 9.17) is 28.9 Å².